The molecule has 0 saturated carbocycles. The van der Waals surface area contributed by atoms with Crippen LogP contribution in [0, 0.1) is 22.7 Å². The van der Waals surface area contributed by atoms with Crippen LogP contribution in [-0.2, 0) is 9.59 Å². The zero-order chi connectivity index (χ0) is 13.4. The summed E-state index contributed by atoms with van der Waals surface area (Å²) in [5.74, 6) is -3.65. The van der Waals surface area contributed by atoms with Crippen molar-refractivity contribution in [1.82, 2.24) is 0 Å². The fourth-order valence-corrected chi connectivity index (χ4v) is 0.224. The van der Waals surface area contributed by atoms with E-state index in [1.165, 1.54) is 0 Å². The predicted octanol–water partition coefficient (Wildman–Crippen LogP) is 1.78. The van der Waals surface area contributed by atoms with Crippen LogP contribution in [0.15, 0.2) is 0 Å². The Labute approximate surface area is 94.7 Å². The molecule has 0 radical (unpaired) electrons. The van der Waals surface area contributed by atoms with E-state index in [2.05, 4.69) is 0 Å². The first-order valence-corrected chi connectivity index (χ1v) is 4.67. The second kappa shape index (κ2) is 18.7. The molecule has 6 nitrogen and oxygen atoms in total. The van der Waals surface area contributed by atoms with Gasteiger partial charge >= 0.3 is 11.9 Å². The smallest absolute Gasteiger partial charge is 0.414 e. The summed E-state index contributed by atoms with van der Waals surface area (Å²) in [4.78, 5) is 18.2. The highest BCUT2D eigenvalue weighted by molar-refractivity contribution is 6.27. The average molecular weight is 228 g/mol. The van der Waals surface area contributed by atoms with Crippen LogP contribution in [0.25, 0.3) is 0 Å². The Bertz CT molecular complexity index is 235. The zero-order valence-electron chi connectivity index (χ0n) is 9.43. The molecule has 0 aliphatic carbocycles. The van der Waals surface area contributed by atoms with Gasteiger partial charge in [0.15, 0.2) is 0 Å². The van der Waals surface area contributed by atoms with E-state index in [4.69, 9.17) is 30.3 Å². The molecule has 0 aliphatic rings. The lowest BCUT2D eigenvalue weighted by atomic mass is 10.4. The summed E-state index contributed by atoms with van der Waals surface area (Å²) in [6.45, 7) is 3.98. The molecule has 2 N–H and O–H groups in total. The van der Waals surface area contributed by atoms with E-state index in [-0.39, 0.29) is 0 Å². The van der Waals surface area contributed by atoms with Gasteiger partial charge in [-0.05, 0) is 12.8 Å². The third kappa shape index (κ3) is 40.6. The number of nitriles is 2. The molecule has 0 aliphatic heterocycles. The maximum atomic E-state index is 9.10. The number of carbonyl (C=O) groups is 2. The summed E-state index contributed by atoms with van der Waals surface area (Å²) in [6, 6.07) is 4.03. The maximum Gasteiger partial charge on any atom is 0.414 e. The lowest BCUT2D eigenvalue weighted by molar-refractivity contribution is -0.159. The van der Waals surface area contributed by atoms with E-state index in [1.54, 1.807) is 0 Å². The molecule has 0 aromatic rings. The minimum absolute atomic E-state index is 0.694. The fraction of sp³-hybridized carbons (Fsp3) is 0.600. The van der Waals surface area contributed by atoms with Gasteiger partial charge in [-0.1, -0.05) is 13.8 Å². The predicted molar refractivity (Wildman–Crippen MR) is 56.3 cm³/mol. The van der Waals surface area contributed by atoms with E-state index in [1.807, 2.05) is 26.0 Å². The van der Waals surface area contributed by atoms with Crippen LogP contribution in [-0.4, -0.2) is 22.2 Å². The molecule has 0 heterocycles. The summed E-state index contributed by atoms with van der Waals surface area (Å²) >= 11 is 0. The standard InChI is InChI=1S/2C4H7N.C2H2O4/c2*1-2-3-4-5;3-1(4)2(5)6/h2*2-3H2,1H3;(H,3,4)(H,5,6). The van der Waals surface area contributed by atoms with Crippen LogP contribution in [0.1, 0.15) is 39.5 Å². The highest BCUT2D eigenvalue weighted by Crippen LogP contribution is 1.77. The van der Waals surface area contributed by atoms with Crippen LogP contribution in [0.2, 0.25) is 0 Å². The third-order valence-electron chi connectivity index (χ3n) is 0.907. The summed E-state index contributed by atoms with van der Waals surface area (Å²) in [6.07, 6.45) is 3.35. The van der Waals surface area contributed by atoms with Gasteiger partial charge in [-0.15, -0.1) is 0 Å². The lowest BCUT2D eigenvalue weighted by Crippen LogP contribution is -2.09. The minimum atomic E-state index is -1.82. The summed E-state index contributed by atoms with van der Waals surface area (Å²) in [5, 5.41) is 30.4. The van der Waals surface area contributed by atoms with Crippen LogP contribution >= 0.6 is 0 Å². The van der Waals surface area contributed by atoms with Crippen LogP contribution in [0.5, 0.6) is 0 Å². The summed E-state index contributed by atoms with van der Waals surface area (Å²) in [5.41, 5.74) is 0. The topological polar surface area (TPSA) is 122 Å². The molecule has 0 bridgehead atoms. The molecule has 16 heavy (non-hydrogen) atoms. The molecule has 90 valence electrons. The number of hydrogen-bond acceptors (Lipinski definition) is 4. The van der Waals surface area contributed by atoms with Gasteiger partial charge < -0.3 is 10.2 Å². The van der Waals surface area contributed by atoms with Gasteiger partial charge in [0.05, 0.1) is 12.1 Å². The Morgan fingerprint density at radius 2 is 1.19 bits per heavy atom. The molecule has 0 atom stereocenters. The average Bonchev–Trinajstić information content (AvgIpc) is 2.22. The fourth-order valence-electron chi connectivity index (χ4n) is 0.224. The third-order valence-corrected chi connectivity index (χ3v) is 0.907. The molecule has 0 spiro atoms. The van der Waals surface area contributed by atoms with Crippen LogP contribution in [0.3, 0.4) is 0 Å². The van der Waals surface area contributed by atoms with Crippen molar-refractivity contribution in [3.05, 3.63) is 0 Å². The van der Waals surface area contributed by atoms with Crippen molar-refractivity contribution in [2.75, 3.05) is 0 Å². The number of carboxylic acid groups (broad SMARTS) is 2. The van der Waals surface area contributed by atoms with Crippen molar-refractivity contribution in [2.45, 2.75) is 39.5 Å². The highest BCUT2D eigenvalue weighted by Gasteiger charge is 2.04. The van der Waals surface area contributed by atoms with Crippen molar-refractivity contribution >= 4 is 11.9 Å². The Balaban J connectivity index is -0.000000160. The van der Waals surface area contributed by atoms with Gasteiger partial charge in [-0.2, -0.15) is 10.5 Å². The number of hydrogen-bond donors (Lipinski definition) is 2. The van der Waals surface area contributed by atoms with Gasteiger partial charge in [0.2, 0.25) is 0 Å². The molecule has 6 heteroatoms. The normalized spacial score (nSPS) is 6.75. The Kier molecular flexibility index (Phi) is 22.7. The van der Waals surface area contributed by atoms with Crippen LogP contribution < -0.4 is 0 Å². The largest absolute Gasteiger partial charge is 0.473 e. The molecular weight excluding hydrogens is 212 g/mol. The van der Waals surface area contributed by atoms with Gasteiger partial charge in [0.25, 0.3) is 0 Å². The molecule has 0 amide bonds. The molecule has 0 rings (SSSR count). The second-order valence-electron chi connectivity index (χ2n) is 2.43. The first-order chi connectivity index (χ1) is 7.47. The van der Waals surface area contributed by atoms with E-state index < -0.39 is 11.9 Å². The van der Waals surface area contributed by atoms with Crippen molar-refractivity contribution in [3.8, 4) is 12.1 Å². The Morgan fingerprint density at radius 1 is 0.938 bits per heavy atom. The monoisotopic (exact) mass is 228 g/mol. The van der Waals surface area contributed by atoms with E-state index in [9.17, 15) is 0 Å². The van der Waals surface area contributed by atoms with Gasteiger partial charge in [-0.3, -0.25) is 0 Å². The molecule has 0 aromatic carbocycles. The first-order valence-electron chi connectivity index (χ1n) is 4.67. The second-order valence-corrected chi connectivity index (χ2v) is 2.43. The van der Waals surface area contributed by atoms with Crippen molar-refractivity contribution < 1.29 is 19.8 Å². The van der Waals surface area contributed by atoms with Crippen LogP contribution in [0.4, 0.5) is 0 Å². The SMILES string of the molecule is CCCC#N.CCCC#N.O=C(O)C(=O)O. The van der Waals surface area contributed by atoms with Gasteiger partial charge in [-0.25, -0.2) is 9.59 Å². The maximum absolute atomic E-state index is 9.10. The highest BCUT2D eigenvalue weighted by atomic mass is 16.4. The quantitative estimate of drug-likeness (QED) is 0.694. The molecule has 0 aromatic heterocycles. The Hall–Kier alpha value is -2.08. The molecule has 0 fully saturated rings. The lowest BCUT2D eigenvalue weighted by Gasteiger charge is -1.72. The van der Waals surface area contributed by atoms with Gasteiger partial charge in [0, 0.05) is 12.8 Å². The van der Waals surface area contributed by atoms with Crippen molar-refractivity contribution in [3.63, 3.8) is 0 Å². The van der Waals surface area contributed by atoms with E-state index in [0.29, 0.717) is 12.8 Å². The summed E-state index contributed by atoms with van der Waals surface area (Å²) in [7, 11) is 0. The molecule has 0 unspecified atom stereocenters. The van der Waals surface area contributed by atoms with E-state index >= 15 is 0 Å². The van der Waals surface area contributed by atoms with Crippen molar-refractivity contribution in [2.24, 2.45) is 0 Å². The zero-order valence-corrected chi connectivity index (χ0v) is 9.43. The molecule has 0 saturated heterocycles. The number of unbranched alkanes of at least 4 members (excludes halogenated alkanes) is 2. The van der Waals surface area contributed by atoms with E-state index in [0.717, 1.165) is 12.8 Å². The number of nitrogens with zero attached hydrogens (tertiary/aromatic N) is 2. The van der Waals surface area contributed by atoms with Gasteiger partial charge in [0.1, 0.15) is 0 Å². The number of carboxylic acids is 2. The minimum Gasteiger partial charge on any atom is -0.473 e. The first kappa shape index (κ1) is 19.5. The number of rotatable bonds is 2. The number of aliphatic carboxylic acids is 2. The summed E-state index contributed by atoms with van der Waals surface area (Å²) < 4.78 is 0. The molecular formula is C10H16N2O4. The van der Waals surface area contributed by atoms with Crippen molar-refractivity contribution in [1.29, 1.82) is 10.5 Å². The Morgan fingerprint density at radius 3 is 1.19 bits per heavy atom.